The van der Waals surface area contributed by atoms with Crippen molar-refractivity contribution in [2.24, 2.45) is 5.92 Å². The molecule has 0 aromatic heterocycles. The van der Waals surface area contributed by atoms with Gasteiger partial charge in [0.1, 0.15) is 6.07 Å². The first-order valence-electron chi connectivity index (χ1n) is 6.04. The number of hydrogen-bond donors (Lipinski definition) is 2. The van der Waals surface area contributed by atoms with Crippen LogP contribution in [0.25, 0.3) is 0 Å². The van der Waals surface area contributed by atoms with Crippen molar-refractivity contribution in [3.8, 4) is 6.07 Å². The Morgan fingerprint density at radius 3 is 2.78 bits per heavy atom. The monoisotopic (exact) mass is 245 g/mol. The van der Waals surface area contributed by atoms with Gasteiger partial charge in [0, 0.05) is 6.54 Å². The van der Waals surface area contributed by atoms with Crippen LogP contribution in [0.1, 0.15) is 25.0 Å². The molecule has 0 radical (unpaired) electrons. The molecule has 1 aromatic carbocycles. The predicted octanol–water partition coefficient (Wildman–Crippen LogP) is 2.05. The predicted molar refractivity (Wildman–Crippen MR) is 72.2 cm³/mol. The van der Waals surface area contributed by atoms with Crippen LogP contribution in [0.15, 0.2) is 18.2 Å². The lowest BCUT2D eigenvalue weighted by Gasteiger charge is -2.10. The van der Waals surface area contributed by atoms with E-state index in [2.05, 4.69) is 16.7 Å². The van der Waals surface area contributed by atoms with Crippen molar-refractivity contribution in [2.75, 3.05) is 18.4 Å². The largest absolute Gasteiger partial charge is 0.375 e. The lowest BCUT2D eigenvalue weighted by atomic mass is 10.1. The molecule has 0 unspecified atom stereocenters. The molecule has 18 heavy (non-hydrogen) atoms. The van der Waals surface area contributed by atoms with Crippen LogP contribution in [-0.4, -0.2) is 19.0 Å². The van der Waals surface area contributed by atoms with Crippen LogP contribution in [0.3, 0.4) is 0 Å². The second-order valence-electron chi connectivity index (χ2n) is 4.71. The molecule has 0 saturated carbocycles. The Kier molecular flexibility index (Phi) is 5.19. The molecule has 0 aliphatic carbocycles. The third-order valence-corrected chi connectivity index (χ3v) is 2.44. The first kappa shape index (κ1) is 14.0. The third kappa shape index (κ3) is 4.46. The van der Waals surface area contributed by atoms with Gasteiger partial charge < -0.3 is 10.6 Å². The Morgan fingerprint density at radius 1 is 1.44 bits per heavy atom. The van der Waals surface area contributed by atoms with E-state index in [-0.39, 0.29) is 12.5 Å². The van der Waals surface area contributed by atoms with Crippen molar-refractivity contribution in [1.29, 1.82) is 5.26 Å². The standard InChI is InChI=1S/C14H19N3O/c1-10(2)8-17-14(18)9-16-13-6-11(3)4-5-12(13)7-15/h4-6,10,16H,8-9H2,1-3H3,(H,17,18). The van der Waals surface area contributed by atoms with Gasteiger partial charge >= 0.3 is 0 Å². The van der Waals surface area contributed by atoms with Crippen LogP contribution in [0.2, 0.25) is 0 Å². The number of aryl methyl sites for hydroxylation is 1. The summed E-state index contributed by atoms with van der Waals surface area (Å²) >= 11 is 0. The zero-order valence-corrected chi connectivity index (χ0v) is 11.1. The molecule has 0 spiro atoms. The molecule has 2 N–H and O–H groups in total. The lowest BCUT2D eigenvalue weighted by Crippen LogP contribution is -2.32. The molecule has 1 aromatic rings. The topological polar surface area (TPSA) is 64.9 Å². The summed E-state index contributed by atoms with van der Waals surface area (Å²) in [5.41, 5.74) is 2.31. The van der Waals surface area contributed by atoms with Crippen molar-refractivity contribution in [3.05, 3.63) is 29.3 Å². The number of carbonyl (C=O) groups excluding carboxylic acids is 1. The van der Waals surface area contributed by atoms with Crippen molar-refractivity contribution in [1.82, 2.24) is 5.32 Å². The highest BCUT2D eigenvalue weighted by Crippen LogP contribution is 2.15. The van der Waals surface area contributed by atoms with Crippen molar-refractivity contribution < 1.29 is 4.79 Å². The van der Waals surface area contributed by atoms with Crippen LogP contribution in [0.5, 0.6) is 0 Å². The van der Waals surface area contributed by atoms with Gasteiger partial charge in [0.25, 0.3) is 0 Å². The van der Waals surface area contributed by atoms with Gasteiger partial charge in [-0.15, -0.1) is 0 Å². The van der Waals surface area contributed by atoms with Gasteiger partial charge in [0.15, 0.2) is 0 Å². The maximum atomic E-state index is 11.5. The van der Waals surface area contributed by atoms with Gasteiger partial charge in [-0.2, -0.15) is 5.26 Å². The van der Waals surface area contributed by atoms with Crippen molar-refractivity contribution in [2.45, 2.75) is 20.8 Å². The average molecular weight is 245 g/mol. The maximum absolute atomic E-state index is 11.5. The fraction of sp³-hybridized carbons (Fsp3) is 0.429. The Labute approximate surface area is 108 Å². The van der Waals surface area contributed by atoms with E-state index in [4.69, 9.17) is 5.26 Å². The summed E-state index contributed by atoms with van der Waals surface area (Å²) in [5, 5.41) is 14.8. The number of nitriles is 1. The Morgan fingerprint density at radius 2 is 2.17 bits per heavy atom. The molecule has 0 aliphatic heterocycles. The fourth-order valence-electron chi connectivity index (χ4n) is 1.46. The van der Waals surface area contributed by atoms with Gasteiger partial charge in [-0.25, -0.2) is 0 Å². The van der Waals surface area contributed by atoms with Gasteiger partial charge in [-0.1, -0.05) is 19.9 Å². The summed E-state index contributed by atoms with van der Waals surface area (Å²) in [6.45, 7) is 6.89. The van der Waals surface area contributed by atoms with Crippen LogP contribution >= 0.6 is 0 Å². The summed E-state index contributed by atoms with van der Waals surface area (Å²) in [6.07, 6.45) is 0. The summed E-state index contributed by atoms with van der Waals surface area (Å²) in [5.74, 6) is 0.372. The highest BCUT2D eigenvalue weighted by atomic mass is 16.1. The van der Waals surface area contributed by atoms with Gasteiger partial charge in [0.2, 0.25) is 5.91 Å². The molecule has 4 heteroatoms. The minimum Gasteiger partial charge on any atom is -0.375 e. The van der Waals surface area contributed by atoms with Crippen LogP contribution in [0.4, 0.5) is 5.69 Å². The summed E-state index contributed by atoms with van der Waals surface area (Å²) in [4.78, 5) is 11.5. The SMILES string of the molecule is Cc1ccc(C#N)c(NCC(=O)NCC(C)C)c1. The smallest absolute Gasteiger partial charge is 0.239 e. The van der Waals surface area contributed by atoms with Crippen LogP contribution < -0.4 is 10.6 Å². The Bertz CT molecular complexity index is 461. The molecule has 0 aliphatic rings. The normalized spacial score (nSPS) is 9.94. The van der Waals surface area contributed by atoms with E-state index in [1.807, 2.05) is 32.9 Å². The van der Waals surface area contributed by atoms with E-state index in [0.717, 1.165) is 5.56 Å². The molecule has 0 fully saturated rings. The highest BCUT2D eigenvalue weighted by Gasteiger charge is 2.05. The van der Waals surface area contributed by atoms with E-state index in [1.165, 1.54) is 0 Å². The Hall–Kier alpha value is -2.02. The quantitative estimate of drug-likeness (QED) is 0.834. The first-order chi connectivity index (χ1) is 8.52. The first-order valence-corrected chi connectivity index (χ1v) is 6.04. The molecule has 0 saturated heterocycles. The molecular weight excluding hydrogens is 226 g/mol. The second-order valence-corrected chi connectivity index (χ2v) is 4.71. The number of nitrogens with one attached hydrogen (secondary N) is 2. The van der Waals surface area contributed by atoms with Crippen LogP contribution in [0, 0.1) is 24.2 Å². The van der Waals surface area contributed by atoms with Gasteiger partial charge in [0.05, 0.1) is 17.8 Å². The molecule has 0 heterocycles. The van der Waals surface area contributed by atoms with E-state index in [1.54, 1.807) is 6.07 Å². The van der Waals surface area contributed by atoms with E-state index in [0.29, 0.717) is 23.7 Å². The van der Waals surface area contributed by atoms with Gasteiger partial charge in [-0.05, 0) is 30.5 Å². The Balaban J connectivity index is 2.55. The van der Waals surface area contributed by atoms with Gasteiger partial charge in [-0.3, -0.25) is 4.79 Å². The number of carbonyl (C=O) groups is 1. The summed E-state index contributed by atoms with van der Waals surface area (Å²) < 4.78 is 0. The highest BCUT2D eigenvalue weighted by molar-refractivity contribution is 5.81. The molecule has 0 atom stereocenters. The zero-order chi connectivity index (χ0) is 13.5. The number of anilines is 1. The number of amides is 1. The second kappa shape index (κ2) is 6.65. The number of hydrogen-bond acceptors (Lipinski definition) is 3. The molecule has 1 amide bonds. The average Bonchev–Trinajstić information content (AvgIpc) is 2.34. The molecule has 96 valence electrons. The number of rotatable bonds is 5. The fourth-order valence-corrected chi connectivity index (χ4v) is 1.46. The molecule has 0 bridgehead atoms. The zero-order valence-electron chi connectivity index (χ0n) is 11.1. The number of nitrogens with zero attached hydrogens (tertiary/aromatic N) is 1. The van der Waals surface area contributed by atoms with E-state index >= 15 is 0 Å². The third-order valence-electron chi connectivity index (χ3n) is 2.44. The number of benzene rings is 1. The van der Waals surface area contributed by atoms with Crippen molar-refractivity contribution >= 4 is 11.6 Å². The summed E-state index contributed by atoms with van der Waals surface area (Å²) in [7, 11) is 0. The molecule has 4 nitrogen and oxygen atoms in total. The lowest BCUT2D eigenvalue weighted by molar-refractivity contribution is -0.119. The molecule has 1 rings (SSSR count). The summed E-state index contributed by atoms with van der Waals surface area (Å²) in [6, 6.07) is 7.60. The van der Waals surface area contributed by atoms with Crippen molar-refractivity contribution in [3.63, 3.8) is 0 Å². The van der Waals surface area contributed by atoms with E-state index < -0.39 is 0 Å². The minimum absolute atomic E-state index is 0.0610. The van der Waals surface area contributed by atoms with E-state index in [9.17, 15) is 4.79 Å². The molecular formula is C14H19N3O. The maximum Gasteiger partial charge on any atom is 0.239 e. The van der Waals surface area contributed by atoms with Crippen LogP contribution in [-0.2, 0) is 4.79 Å². The minimum atomic E-state index is -0.0610.